The lowest BCUT2D eigenvalue weighted by molar-refractivity contribution is 0.0595. The lowest BCUT2D eigenvalue weighted by atomic mass is 10.2. The van der Waals surface area contributed by atoms with Crippen LogP contribution in [0.25, 0.3) is 0 Å². The average Bonchev–Trinajstić information content (AvgIpc) is 2.19. The molecule has 0 heterocycles. The van der Waals surface area contributed by atoms with Crippen LogP contribution < -0.4 is 5.73 Å². The average molecular weight is 327 g/mol. The Morgan fingerprint density at radius 1 is 1.57 bits per heavy atom. The third-order valence-corrected chi connectivity index (χ3v) is 3.03. The molecule has 1 aromatic carbocycles. The van der Waals surface area contributed by atoms with Gasteiger partial charge in [-0.2, -0.15) is 0 Å². The van der Waals surface area contributed by atoms with Crippen LogP contribution in [0, 0.1) is 5.82 Å². The van der Waals surface area contributed by atoms with Crippen LogP contribution in [0.15, 0.2) is 15.0 Å². The zero-order valence-electron chi connectivity index (χ0n) is 7.11. The van der Waals surface area contributed by atoms with E-state index in [1.807, 2.05) is 0 Å². The van der Waals surface area contributed by atoms with Gasteiger partial charge in [0.2, 0.25) is 0 Å². The molecule has 0 aliphatic carbocycles. The first-order chi connectivity index (χ1) is 6.49. The van der Waals surface area contributed by atoms with Crippen LogP contribution in [-0.2, 0) is 4.74 Å². The maximum absolute atomic E-state index is 13.4. The van der Waals surface area contributed by atoms with E-state index in [9.17, 15) is 9.18 Å². The summed E-state index contributed by atoms with van der Waals surface area (Å²) in [5.74, 6) is -1.47. The monoisotopic (exact) mass is 325 g/mol. The quantitative estimate of drug-likeness (QED) is 0.490. The molecule has 0 saturated carbocycles. The van der Waals surface area contributed by atoms with Gasteiger partial charge >= 0.3 is 5.97 Å². The number of anilines is 1. The first kappa shape index (κ1) is 11.5. The van der Waals surface area contributed by atoms with Gasteiger partial charge in [0.1, 0.15) is 0 Å². The summed E-state index contributed by atoms with van der Waals surface area (Å²) in [5, 5.41) is 0. The number of hydrogen-bond donors (Lipinski definition) is 1. The number of nitrogen functional groups attached to an aromatic ring is 1. The second kappa shape index (κ2) is 4.27. The summed E-state index contributed by atoms with van der Waals surface area (Å²) in [6, 6.07) is 1.28. The van der Waals surface area contributed by atoms with E-state index >= 15 is 0 Å². The molecule has 1 rings (SSSR count). The minimum absolute atomic E-state index is 0.0484. The summed E-state index contributed by atoms with van der Waals surface area (Å²) >= 11 is 6.04. The van der Waals surface area contributed by atoms with E-state index in [2.05, 4.69) is 36.6 Å². The molecule has 0 saturated heterocycles. The van der Waals surface area contributed by atoms with Crippen LogP contribution in [0.2, 0.25) is 0 Å². The largest absolute Gasteiger partial charge is 0.465 e. The topological polar surface area (TPSA) is 52.3 Å². The Hall–Kier alpha value is -0.620. The summed E-state index contributed by atoms with van der Waals surface area (Å²) < 4.78 is 18.3. The Morgan fingerprint density at radius 3 is 2.64 bits per heavy atom. The third-order valence-electron chi connectivity index (χ3n) is 1.60. The molecule has 0 fully saturated rings. The number of rotatable bonds is 1. The predicted molar refractivity (Wildman–Crippen MR) is 57.6 cm³/mol. The van der Waals surface area contributed by atoms with Gasteiger partial charge in [-0.15, -0.1) is 0 Å². The van der Waals surface area contributed by atoms with Crippen molar-refractivity contribution < 1.29 is 13.9 Å². The van der Waals surface area contributed by atoms with Crippen molar-refractivity contribution in [3.8, 4) is 0 Å². The summed E-state index contributed by atoms with van der Waals surface area (Å²) in [4.78, 5) is 11.1. The number of carbonyl (C=O) groups excluding carboxylic acids is 1. The smallest absolute Gasteiger partial charge is 0.340 e. The fourth-order valence-corrected chi connectivity index (χ4v) is 1.99. The van der Waals surface area contributed by atoms with Crippen molar-refractivity contribution in [3.63, 3.8) is 0 Å². The number of nitrogens with two attached hydrogens (primary N) is 1. The van der Waals surface area contributed by atoms with Crippen LogP contribution in [0.4, 0.5) is 10.1 Å². The maximum Gasteiger partial charge on any atom is 0.340 e. The molecule has 76 valence electrons. The SMILES string of the molecule is COC(=O)c1cc(Br)c(N)c(Br)c1F. The molecular weight excluding hydrogens is 321 g/mol. The number of carbonyl (C=O) groups is 1. The Morgan fingerprint density at radius 2 is 2.14 bits per heavy atom. The summed E-state index contributed by atoms with van der Waals surface area (Å²) in [6.45, 7) is 0. The molecule has 0 spiro atoms. The van der Waals surface area contributed by atoms with Gasteiger partial charge in [0.25, 0.3) is 0 Å². The van der Waals surface area contributed by atoms with Crippen molar-refractivity contribution in [1.82, 2.24) is 0 Å². The molecule has 0 aromatic heterocycles. The number of benzene rings is 1. The highest BCUT2D eigenvalue weighted by molar-refractivity contribution is 9.11. The molecule has 0 bridgehead atoms. The minimum atomic E-state index is -0.746. The predicted octanol–water partition coefficient (Wildman–Crippen LogP) is 2.72. The van der Waals surface area contributed by atoms with Crippen molar-refractivity contribution in [1.29, 1.82) is 0 Å². The highest BCUT2D eigenvalue weighted by atomic mass is 79.9. The van der Waals surface area contributed by atoms with Gasteiger partial charge in [-0.25, -0.2) is 9.18 Å². The number of esters is 1. The van der Waals surface area contributed by atoms with E-state index < -0.39 is 11.8 Å². The van der Waals surface area contributed by atoms with Crippen LogP contribution in [0.3, 0.4) is 0 Å². The molecule has 0 amide bonds. The van der Waals surface area contributed by atoms with Gasteiger partial charge in [-0.05, 0) is 37.9 Å². The Balaban J connectivity index is 3.40. The van der Waals surface area contributed by atoms with Crippen LogP contribution in [0.1, 0.15) is 10.4 Å². The van der Waals surface area contributed by atoms with Gasteiger partial charge in [0.05, 0.1) is 22.8 Å². The van der Waals surface area contributed by atoms with Gasteiger partial charge in [-0.3, -0.25) is 0 Å². The Bertz CT molecular complexity index is 395. The van der Waals surface area contributed by atoms with E-state index in [4.69, 9.17) is 5.73 Å². The number of halogens is 3. The Kier molecular flexibility index (Phi) is 3.49. The van der Waals surface area contributed by atoms with E-state index in [0.29, 0.717) is 4.47 Å². The molecule has 0 atom stereocenters. The fourth-order valence-electron chi connectivity index (χ4n) is 0.868. The van der Waals surface area contributed by atoms with E-state index in [-0.39, 0.29) is 15.7 Å². The zero-order chi connectivity index (χ0) is 10.9. The van der Waals surface area contributed by atoms with Crippen molar-refractivity contribution in [2.75, 3.05) is 12.8 Å². The van der Waals surface area contributed by atoms with Gasteiger partial charge in [-0.1, -0.05) is 0 Å². The highest BCUT2D eigenvalue weighted by Crippen LogP contribution is 2.32. The third kappa shape index (κ3) is 1.90. The van der Waals surface area contributed by atoms with Crippen LogP contribution in [-0.4, -0.2) is 13.1 Å². The van der Waals surface area contributed by atoms with Crippen LogP contribution >= 0.6 is 31.9 Å². The molecule has 1 aromatic rings. The van der Waals surface area contributed by atoms with Gasteiger partial charge < -0.3 is 10.5 Å². The lowest BCUT2D eigenvalue weighted by Gasteiger charge is -2.07. The molecule has 3 nitrogen and oxygen atoms in total. The fraction of sp³-hybridized carbons (Fsp3) is 0.125. The first-order valence-electron chi connectivity index (χ1n) is 3.50. The molecule has 14 heavy (non-hydrogen) atoms. The maximum atomic E-state index is 13.4. The lowest BCUT2D eigenvalue weighted by Crippen LogP contribution is -2.06. The Labute approximate surface area is 96.7 Å². The number of ether oxygens (including phenoxy) is 1. The molecular formula is C8H6Br2FNO2. The molecule has 6 heteroatoms. The van der Waals surface area contributed by atoms with Gasteiger partial charge in [0, 0.05) is 4.47 Å². The van der Waals surface area contributed by atoms with E-state index in [1.165, 1.54) is 13.2 Å². The molecule has 2 N–H and O–H groups in total. The second-order valence-corrected chi connectivity index (χ2v) is 4.09. The molecule has 0 unspecified atom stereocenters. The summed E-state index contributed by atoms with van der Waals surface area (Å²) in [6.07, 6.45) is 0. The van der Waals surface area contributed by atoms with Crippen molar-refractivity contribution >= 4 is 43.5 Å². The van der Waals surface area contributed by atoms with E-state index in [0.717, 1.165) is 0 Å². The van der Waals surface area contributed by atoms with Gasteiger partial charge in [0.15, 0.2) is 5.82 Å². The second-order valence-electron chi connectivity index (χ2n) is 2.44. The van der Waals surface area contributed by atoms with Crippen molar-refractivity contribution in [3.05, 3.63) is 26.4 Å². The van der Waals surface area contributed by atoms with Crippen molar-refractivity contribution in [2.45, 2.75) is 0 Å². The number of methoxy groups -OCH3 is 1. The molecule has 0 aliphatic heterocycles. The highest BCUT2D eigenvalue weighted by Gasteiger charge is 2.18. The van der Waals surface area contributed by atoms with Crippen molar-refractivity contribution in [2.24, 2.45) is 0 Å². The van der Waals surface area contributed by atoms with E-state index in [1.54, 1.807) is 0 Å². The minimum Gasteiger partial charge on any atom is -0.465 e. The summed E-state index contributed by atoms with van der Waals surface area (Å²) in [7, 11) is 1.18. The van der Waals surface area contributed by atoms with Crippen LogP contribution in [0.5, 0.6) is 0 Å². The first-order valence-corrected chi connectivity index (χ1v) is 5.09. The standard InChI is InChI=1S/C8H6Br2FNO2/c1-14-8(13)3-2-4(9)7(12)5(10)6(3)11/h2H,12H2,1H3. The molecule has 0 aliphatic rings. The molecule has 0 radical (unpaired) electrons. The number of hydrogen-bond acceptors (Lipinski definition) is 3. The zero-order valence-corrected chi connectivity index (χ0v) is 10.3. The summed E-state index contributed by atoms with van der Waals surface area (Å²) in [5.41, 5.74) is 5.54. The normalized spacial score (nSPS) is 10.0.